The van der Waals surface area contributed by atoms with Crippen LogP contribution >= 0.6 is 0 Å². The molecule has 7 nitrogen and oxygen atoms in total. The van der Waals surface area contributed by atoms with Gasteiger partial charge in [0.2, 0.25) is 11.8 Å². The minimum Gasteiger partial charge on any atom is -0.497 e. The van der Waals surface area contributed by atoms with Gasteiger partial charge in [0.05, 0.1) is 27.0 Å². The minimum absolute atomic E-state index is 0.122. The van der Waals surface area contributed by atoms with Crippen LogP contribution in [-0.4, -0.2) is 39.7 Å². The van der Waals surface area contributed by atoms with Gasteiger partial charge in [0.1, 0.15) is 17.2 Å². The predicted molar refractivity (Wildman–Crippen MR) is 104 cm³/mol. The molecule has 0 unspecified atom stereocenters. The third-order valence-corrected chi connectivity index (χ3v) is 3.97. The lowest BCUT2D eigenvalue weighted by molar-refractivity contribution is -0.117. The number of hydrogen-bond acceptors (Lipinski definition) is 5. The van der Waals surface area contributed by atoms with E-state index in [9.17, 15) is 9.59 Å². The molecule has 7 heteroatoms. The largest absolute Gasteiger partial charge is 0.497 e. The molecular formula is C20H24N2O5. The summed E-state index contributed by atoms with van der Waals surface area (Å²) < 4.78 is 15.7. The number of rotatable bonds is 8. The quantitative estimate of drug-likeness (QED) is 0.770. The zero-order chi connectivity index (χ0) is 19.8. The molecule has 0 radical (unpaired) electrons. The van der Waals surface area contributed by atoms with Crippen molar-refractivity contribution in [3.05, 3.63) is 42.5 Å². The van der Waals surface area contributed by atoms with E-state index in [1.165, 1.54) is 18.9 Å². The number of hydrogen-bond donors (Lipinski definition) is 1. The fraction of sp³-hybridized carbons (Fsp3) is 0.300. The van der Waals surface area contributed by atoms with Crippen LogP contribution in [0.5, 0.6) is 17.2 Å². The first-order valence-corrected chi connectivity index (χ1v) is 8.42. The SMILES string of the molecule is COc1cccc(NC(=O)CCN(C(C)=O)c2cc(OC)ccc2OC)c1. The van der Waals surface area contributed by atoms with Crippen LogP contribution in [0.15, 0.2) is 42.5 Å². The molecule has 0 bridgehead atoms. The number of nitrogens with one attached hydrogen (secondary N) is 1. The van der Waals surface area contributed by atoms with Crippen LogP contribution < -0.4 is 24.4 Å². The third kappa shape index (κ3) is 5.37. The van der Waals surface area contributed by atoms with E-state index in [0.717, 1.165) is 0 Å². The Bertz CT molecular complexity index is 807. The van der Waals surface area contributed by atoms with Gasteiger partial charge in [-0.3, -0.25) is 9.59 Å². The monoisotopic (exact) mass is 372 g/mol. The van der Waals surface area contributed by atoms with E-state index < -0.39 is 0 Å². The van der Waals surface area contributed by atoms with Gasteiger partial charge in [-0.15, -0.1) is 0 Å². The molecule has 0 heterocycles. The molecule has 0 saturated heterocycles. The Morgan fingerprint density at radius 1 is 0.963 bits per heavy atom. The number of anilines is 2. The zero-order valence-electron chi connectivity index (χ0n) is 15.9. The van der Waals surface area contributed by atoms with Gasteiger partial charge in [-0.25, -0.2) is 0 Å². The van der Waals surface area contributed by atoms with E-state index in [-0.39, 0.29) is 24.8 Å². The zero-order valence-corrected chi connectivity index (χ0v) is 15.9. The first-order valence-electron chi connectivity index (χ1n) is 8.42. The molecule has 0 aliphatic rings. The van der Waals surface area contributed by atoms with Crippen LogP contribution in [-0.2, 0) is 9.59 Å². The van der Waals surface area contributed by atoms with Gasteiger partial charge in [-0.1, -0.05) is 6.07 Å². The summed E-state index contributed by atoms with van der Waals surface area (Å²) >= 11 is 0. The number of carbonyl (C=O) groups excluding carboxylic acids is 2. The van der Waals surface area contributed by atoms with Crippen molar-refractivity contribution in [3.8, 4) is 17.2 Å². The molecule has 0 aliphatic carbocycles. The highest BCUT2D eigenvalue weighted by molar-refractivity contribution is 5.96. The van der Waals surface area contributed by atoms with Gasteiger partial charge in [-0.05, 0) is 24.3 Å². The Morgan fingerprint density at radius 3 is 2.30 bits per heavy atom. The van der Waals surface area contributed by atoms with Gasteiger partial charge in [0.25, 0.3) is 0 Å². The van der Waals surface area contributed by atoms with Crippen molar-refractivity contribution in [3.63, 3.8) is 0 Å². The fourth-order valence-corrected chi connectivity index (χ4v) is 2.59. The maximum Gasteiger partial charge on any atom is 0.226 e. The number of nitrogens with zero attached hydrogens (tertiary/aromatic N) is 1. The summed E-state index contributed by atoms with van der Waals surface area (Å²) in [6.07, 6.45) is 0.122. The Kier molecular flexibility index (Phi) is 7.05. The topological polar surface area (TPSA) is 77.1 Å². The molecule has 2 rings (SSSR count). The number of benzene rings is 2. The van der Waals surface area contributed by atoms with Crippen LogP contribution in [0.2, 0.25) is 0 Å². The number of ether oxygens (including phenoxy) is 3. The summed E-state index contributed by atoms with van der Waals surface area (Å²) in [5.41, 5.74) is 1.19. The highest BCUT2D eigenvalue weighted by Gasteiger charge is 2.18. The van der Waals surface area contributed by atoms with Crippen LogP contribution in [0.25, 0.3) is 0 Å². The standard InChI is InChI=1S/C20H24N2O5/c1-14(23)22(18-13-17(26-3)8-9-19(18)27-4)11-10-20(24)21-15-6-5-7-16(12-15)25-2/h5-9,12-13H,10-11H2,1-4H3,(H,21,24). The maximum atomic E-state index is 12.3. The lowest BCUT2D eigenvalue weighted by atomic mass is 10.2. The average molecular weight is 372 g/mol. The molecule has 144 valence electrons. The second-order valence-electron chi connectivity index (χ2n) is 5.74. The summed E-state index contributed by atoms with van der Waals surface area (Å²) in [7, 11) is 4.64. The summed E-state index contributed by atoms with van der Waals surface area (Å²) in [6.45, 7) is 1.65. The molecule has 0 fully saturated rings. The summed E-state index contributed by atoms with van der Waals surface area (Å²) in [4.78, 5) is 25.9. The molecule has 0 aliphatic heterocycles. The summed E-state index contributed by atoms with van der Waals surface area (Å²) in [5, 5.41) is 2.80. The maximum absolute atomic E-state index is 12.3. The number of carbonyl (C=O) groups is 2. The predicted octanol–water partition coefficient (Wildman–Crippen LogP) is 3.09. The Hall–Kier alpha value is -3.22. The Balaban J connectivity index is 2.10. The van der Waals surface area contributed by atoms with Crippen LogP contribution in [0, 0.1) is 0 Å². The molecule has 1 N–H and O–H groups in total. The van der Waals surface area contributed by atoms with E-state index in [1.54, 1.807) is 56.7 Å². The number of amides is 2. The van der Waals surface area contributed by atoms with Gasteiger partial charge >= 0.3 is 0 Å². The molecule has 27 heavy (non-hydrogen) atoms. The van der Waals surface area contributed by atoms with Crippen molar-refractivity contribution < 1.29 is 23.8 Å². The van der Waals surface area contributed by atoms with E-state index in [4.69, 9.17) is 14.2 Å². The van der Waals surface area contributed by atoms with Crippen LogP contribution in [0.3, 0.4) is 0 Å². The highest BCUT2D eigenvalue weighted by atomic mass is 16.5. The Labute approximate surface area is 158 Å². The normalized spacial score (nSPS) is 10.1. The molecule has 0 spiro atoms. The lowest BCUT2D eigenvalue weighted by Crippen LogP contribution is -2.32. The lowest BCUT2D eigenvalue weighted by Gasteiger charge is -2.23. The smallest absolute Gasteiger partial charge is 0.226 e. The van der Waals surface area contributed by atoms with Crippen molar-refractivity contribution in [2.24, 2.45) is 0 Å². The van der Waals surface area contributed by atoms with E-state index in [0.29, 0.717) is 28.6 Å². The van der Waals surface area contributed by atoms with Gasteiger partial charge < -0.3 is 24.4 Å². The fourth-order valence-electron chi connectivity index (χ4n) is 2.59. The average Bonchev–Trinajstić information content (AvgIpc) is 2.67. The van der Waals surface area contributed by atoms with Crippen LogP contribution in [0.1, 0.15) is 13.3 Å². The van der Waals surface area contributed by atoms with Crippen molar-refractivity contribution >= 4 is 23.2 Å². The molecule has 2 aromatic carbocycles. The van der Waals surface area contributed by atoms with Gasteiger partial charge in [-0.2, -0.15) is 0 Å². The van der Waals surface area contributed by atoms with Gasteiger partial charge in [0, 0.05) is 37.7 Å². The molecule has 0 atom stereocenters. The van der Waals surface area contributed by atoms with E-state index in [1.807, 2.05) is 0 Å². The number of methoxy groups -OCH3 is 3. The van der Waals surface area contributed by atoms with Crippen molar-refractivity contribution in [2.75, 3.05) is 38.1 Å². The van der Waals surface area contributed by atoms with Crippen molar-refractivity contribution in [2.45, 2.75) is 13.3 Å². The molecule has 2 amide bonds. The second-order valence-corrected chi connectivity index (χ2v) is 5.74. The molecule has 0 saturated carbocycles. The van der Waals surface area contributed by atoms with Crippen molar-refractivity contribution in [1.29, 1.82) is 0 Å². The Morgan fingerprint density at radius 2 is 1.67 bits per heavy atom. The summed E-state index contributed by atoms with van der Waals surface area (Å²) in [5.74, 6) is 1.36. The van der Waals surface area contributed by atoms with E-state index >= 15 is 0 Å². The summed E-state index contributed by atoms with van der Waals surface area (Å²) in [6, 6.07) is 12.3. The second kappa shape index (κ2) is 9.47. The van der Waals surface area contributed by atoms with E-state index in [2.05, 4.69) is 5.32 Å². The first kappa shape index (κ1) is 20.1. The first-order chi connectivity index (χ1) is 13.0. The molecule has 0 aromatic heterocycles. The van der Waals surface area contributed by atoms with Crippen LogP contribution in [0.4, 0.5) is 11.4 Å². The molecular weight excluding hydrogens is 348 g/mol. The van der Waals surface area contributed by atoms with Crippen molar-refractivity contribution in [1.82, 2.24) is 0 Å². The third-order valence-electron chi connectivity index (χ3n) is 3.97. The highest BCUT2D eigenvalue weighted by Crippen LogP contribution is 2.32. The van der Waals surface area contributed by atoms with Gasteiger partial charge in [0.15, 0.2) is 0 Å². The molecule has 2 aromatic rings. The minimum atomic E-state index is -0.212.